The Kier molecular flexibility index (Phi) is 5.18. The van der Waals surface area contributed by atoms with Crippen molar-refractivity contribution in [2.75, 3.05) is 37.6 Å². The summed E-state index contributed by atoms with van der Waals surface area (Å²) in [6.07, 6.45) is 0.0430. The van der Waals surface area contributed by atoms with Crippen LogP contribution in [0, 0.1) is 6.92 Å². The van der Waals surface area contributed by atoms with Gasteiger partial charge in [0.05, 0.1) is 22.7 Å². The van der Waals surface area contributed by atoms with Gasteiger partial charge in [0.1, 0.15) is 0 Å². The molecule has 2 fully saturated rings. The van der Waals surface area contributed by atoms with E-state index in [0.717, 1.165) is 41.8 Å². The predicted molar refractivity (Wildman–Crippen MR) is 118 cm³/mol. The fraction of sp³-hybridized carbons (Fsp3) is 0.364. The highest BCUT2D eigenvalue weighted by Crippen LogP contribution is 2.29. The van der Waals surface area contributed by atoms with Gasteiger partial charge in [-0.1, -0.05) is 6.07 Å². The van der Waals surface area contributed by atoms with E-state index in [9.17, 15) is 19.2 Å². The van der Waals surface area contributed by atoms with Crippen LogP contribution in [0.4, 0.5) is 9.80 Å². The molecule has 0 unspecified atom stereocenters. The largest absolute Gasteiger partial charge is 0.361 e. The lowest BCUT2D eigenvalue weighted by atomic mass is 10.1. The number of rotatable bonds is 4. The Morgan fingerprint density at radius 3 is 2.38 bits per heavy atom. The highest BCUT2D eigenvalue weighted by atomic mass is 32.1. The third-order valence-corrected chi connectivity index (χ3v) is 7.18. The maximum absolute atomic E-state index is 13.0. The summed E-state index contributed by atoms with van der Waals surface area (Å²) in [5.41, 5.74) is 2.83. The standard InChI is InChI=1S/C22H23N5O4S/c1-14-5-11-32-21(14)25-9-7-24(8-10-25)13-15-2-3-16-17(12-15)20(30)27(19(16)29)26-6-4-18(28)23-22(26)31/h2-3,5,11-12H,4,6-10,13H2,1H3,(H,23,28,31). The van der Waals surface area contributed by atoms with Gasteiger partial charge >= 0.3 is 6.03 Å². The number of hydrogen-bond donors (Lipinski definition) is 1. The van der Waals surface area contributed by atoms with Crippen molar-refractivity contribution >= 4 is 40.1 Å². The zero-order valence-electron chi connectivity index (χ0n) is 17.7. The Balaban J connectivity index is 1.27. The van der Waals surface area contributed by atoms with Crippen LogP contribution in [-0.4, -0.2) is 71.4 Å². The maximum atomic E-state index is 13.0. The highest BCUT2D eigenvalue weighted by molar-refractivity contribution is 7.14. The van der Waals surface area contributed by atoms with E-state index >= 15 is 0 Å². The van der Waals surface area contributed by atoms with E-state index in [0.29, 0.717) is 12.1 Å². The minimum atomic E-state index is -0.755. The van der Waals surface area contributed by atoms with E-state index in [4.69, 9.17) is 0 Å². The molecule has 166 valence electrons. The number of imide groups is 2. The number of amides is 5. The van der Waals surface area contributed by atoms with E-state index in [2.05, 4.69) is 33.5 Å². The second-order valence-electron chi connectivity index (χ2n) is 8.20. The molecule has 0 spiro atoms. The first kappa shape index (κ1) is 20.7. The van der Waals surface area contributed by atoms with E-state index < -0.39 is 23.8 Å². The number of fused-ring (bicyclic) bond motifs is 1. The van der Waals surface area contributed by atoms with Gasteiger partial charge in [0.25, 0.3) is 11.8 Å². The molecule has 5 rings (SSSR count). The molecule has 0 bridgehead atoms. The zero-order valence-corrected chi connectivity index (χ0v) is 18.5. The molecule has 0 radical (unpaired) electrons. The summed E-state index contributed by atoms with van der Waals surface area (Å²) in [5.74, 6) is -1.49. The van der Waals surface area contributed by atoms with Crippen LogP contribution in [0.3, 0.4) is 0 Å². The Hall–Kier alpha value is -3.24. The van der Waals surface area contributed by atoms with Gasteiger partial charge in [-0.25, -0.2) is 9.80 Å². The minimum absolute atomic E-state index is 0.00299. The Labute approximate surface area is 189 Å². The van der Waals surface area contributed by atoms with Gasteiger partial charge in [-0.3, -0.25) is 24.6 Å². The fourth-order valence-corrected chi connectivity index (χ4v) is 5.38. The summed E-state index contributed by atoms with van der Waals surface area (Å²) in [5, 5.41) is 7.45. The van der Waals surface area contributed by atoms with Crippen molar-refractivity contribution in [3.8, 4) is 0 Å². The Morgan fingerprint density at radius 2 is 1.69 bits per heavy atom. The number of urea groups is 1. The van der Waals surface area contributed by atoms with E-state index in [-0.39, 0.29) is 18.5 Å². The van der Waals surface area contributed by atoms with Crippen molar-refractivity contribution in [3.05, 3.63) is 51.9 Å². The number of benzene rings is 1. The molecule has 2 saturated heterocycles. The average molecular weight is 454 g/mol. The smallest absolute Gasteiger partial charge is 0.343 e. The summed E-state index contributed by atoms with van der Waals surface area (Å²) in [4.78, 5) is 54.0. The van der Waals surface area contributed by atoms with Crippen molar-refractivity contribution in [2.24, 2.45) is 0 Å². The van der Waals surface area contributed by atoms with E-state index in [1.807, 2.05) is 6.07 Å². The quantitative estimate of drug-likeness (QED) is 0.710. The van der Waals surface area contributed by atoms with Gasteiger partial charge in [-0.05, 0) is 41.6 Å². The first-order chi connectivity index (χ1) is 15.4. The number of hydrogen-bond acceptors (Lipinski definition) is 7. The van der Waals surface area contributed by atoms with Crippen LogP contribution in [-0.2, 0) is 11.3 Å². The van der Waals surface area contributed by atoms with Gasteiger partial charge in [0.2, 0.25) is 5.91 Å². The molecule has 1 aromatic carbocycles. The fourth-order valence-electron chi connectivity index (χ4n) is 4.39. The summed E-state index contributed by atoms with van der Waals surface area (Å²) in [6.45, 7) is 6.53. The molecule has 0 atom stereocenters. The molecule has 3 aliphatic heterocycles. The van der Waals surface area contributed by atoms with Crippen LogP contribution < -0.4 is 10.2 Å². The Bertz CT molecular complexity index is 1120. The molecule has 1 N–H and O–H groups in total. The zero-order chi connectivity index (χ0) is 22.4. The number of hydrazine groups is 1. The number of anilines is 1. The molecule has 2 aromatic rings. The van der Waals surface area contributed by atoms with Crippen LogP contribution in [0.2, 0.25) is 0 Å². The summed E-state index contributed by atoms with van der Waals surface area (Å²) in [7, 11) is 0. The minimum Gasteiger partial charge on any atom is -0.361 e. The van der Waals surface area contributed by atoms with Crippen LogP contribution in [0.25, 0.3) is 0 Å². The lowest BCUT2D eigenvalue weighted by Crippen LogP contribution is -2.58. The Morgan fingerprint density at radius 1 is 0.938 bits per heavy atom. The molecule has 9 nitrogen and oxygen atoms in total. The predicted octanol–water partition coefficient (Wildman–Crippen LogP) is 1.83. The molecule has 5 amide bonds. The molecular formula is C22H23N5O4S. The number of carbonyl (C=O) groups excluding carboxylic acids is 4. The molecule has 3 aliphatic rings. The first-order valence-electron chi connectivity index (χ1n) is 10.6. The van der Waals surface area contributed by atoms with Crippen LogP contribution in [0.5, 0.6) is 0 Å². The molecule has 1 aromatic heterocycles. The number of thiophene rings is 1. The summed E-state index contributed by atoms with van der Waals surface area (Å²) < 4.78 is 0. The lowest BCUT2D eigenvalue weighted by molar-refractivity contribution is -0.122. The van der Waals surface area contributed by atoms with Gasteiger partial charge < -0.3 is 4.90 Å². The first-order valence-corrected chi connectivity index (χ1v) is 11.4. The van der Waals surface area contributed by atoms with Gasteiger partial charge in [-0.2, -0.15) is 5.01 Å². The number of carbonyl (C=O) groups is 4. The van der Waals surface area contributed by atoms with Crippen molar-refractivity contribution in [1.82, 2.24) is 20.2 Å². The molecule has 32 heavy (non-hydrogen) atoms. The lowest BCUT2D eigenvalue weighted by Gasteiger charge is -2.35. The second kappa shape index (κ2) is 8.03. The monoisotopic (exact) mass is 453 g/mol. The van der Waals surface area contributed by atoms with Crippen LogP contribution in [0.15, 0.2) is 29.6 Å². The number of aryl methyl sites for hydroxylation is 1. The molecule has 10 heteroatoms. The molecule has 0 saturated carbocycles. The summed E-state index contributed by atoms with van der Waals surface area (Å²) in [6, 6.07) is 6.66. The average Bonchev–Trinajstić information content (AvgIpc) is 3.30. The van der Waals surface area contributed by atoms with Crippen LogP contribution in [0.1, 0.15) is 38.3 Å². The van der Waals surface area contributed by atoms with E-state index in [1.54, 1.807) is 23.5 Å². The SMILES string of the molecule is Cc1ccsc1N1CCN(Cc2ccc3c(c2)C(=O)N(N2CCC(=O)NC2=O)C3=O)CC1. The molecule has 4 heterocycles. The topological polar surface area (TPSA) is 93.3 Å². The van der Waals surface area contributed by atoms with Crippen molar-refractivity contribution in [3.63, 3.8) is 0 Å². The van der Waals surface area contributed by atoms with Crippen LogP contribution >= 0.6 is 11.3 Å². The van der Waals surface area contributed by atoms with Crippen molar-refractivity contribution in [1.29, 1.82) is 0 Å². The maximum Gasteiger partial charge on any atom is 0.343 e. The van der Waals surface area contributed by atoms with Gasteiger partial charge in [0, 0.05) is 39.1 Å². The molecule has 0 aliphatic carbocycles. The third kappa shape index (κ3) is 3.55. The number of nitrogens with zero attached hydrogens (tertiary/aromatic N) is 4. The van der Waals surface area contributed by atoms with Crippen molar-refractivity contribution < 1.29 is 19.2 Å². The highest BCUT2D eigenvalue weighted by Gasteiger charge is 2.43. The van der Waals surface area contributed by atoms with Crippen molar-refractivity contribution in [2.45, 2.75) is 19.9 Å². The normalized spacial score (nSPS) is 19.6. The summed E-state index contributed by atoms with van der Waals surface area (Å²) >= 11 is 1.77. The third-order valence-electron chi connectivity index (χ3n) is 6.10. The van der Waals surface area contributed by atoms with E-state index in [1.165, 1.54) is 10.6 Å². The van der Waals surface area contributed by atoms with Gasteiger partial charge in [-0.15, -0.1) is 11.3 Å². The number of nitrogens with one attached hydrogen (secondary N) is 1. The second-order valence-corrected chi connectivity index (χ2v) is 9.10. The molecular weight excluding hydrogens is 430 g/mol. The van der Waals surface area contributed by atoms with Gasteiger partial charge in [0.15, 0.2) is 0 Å². The number of piperazine rings is 1.